The molecule has 13 heavy (non-hydrogen) atoms. The van der Waals surface area contributed by atoms with Crippen LogP contribution in [0.25, 0.3) is 0 Å². The van der Waals surface area contributed by atoms with E-state index in [1.165, 1.54) is 0 Å². The molecule has 3 heteroatoms. The average Bonchev–Trinajstić information content (AvgIpc) is 2.09. The second kappa shape index (κ2) is 3.94. The maximum atomic E-state index is 10.2. The van der Waals surface area contributed by atoms with Gasteiger partial charge in [-0.3, -0.25) is 4.79 Å². The van der Waals surface area contributed by atoms with Crippen LogP contribution in [0.4, 0.5) is 5.69 Å². The summed E-state index contributed by atoms with van der Waals surface area (Å²) in [6.45, 7) is 4.35. The second-order valence-corrected chi connectivity index (χ2v) is 2.92. The summed E-state index contributed by atoms with van der Waals surface area (Å²) in [5.74, 6) is 0.600. The smallest absolute Gasteiger partial charge is 0.298 e. The predicted molar refractivity (Wildman–Crippen MR) is 52.2 cm³/mol. The summed E-state index contributed by atoms with van der Waals surface area (Å²) < 4.78 is 4.87. The summed E-state index contributed by atoms with van der Waals surface area (Å²) in [6, 6.07) is 3.91. The molecule has 0 aliphatic carbocycles. The van der Waals surface area contributed by atoms with Crippen LogP contribution in [-0.4, -0.2) is 13.5 Å². The van der Waals surface area contributed by atoms with E-state index in [0.717, 1.165) is 16.8 Å². The fourth-order valence-corrected chi connectivity index (χ4v) is 1.34. The van der Waals surface area contributed by atoms with Crippen molar-refractivity contribution in [3.05, 3.63) is 23.3 Å². The third kappa shape index (κ3) is 1.99. The molecular weight excluding hydrogens is 166 g/mol. The van der Waals surface area contributed by atoms with Gasteiger partial charge in [-0.25, -0.2) is 0 Å². The van der Waals surface area contributed by atoms with Gasteiger partial charge < -0.3 is 10.1 Å². The molecule has 1 rings (SSSR count). The Kier molecular flexibility index (Phi) is 2.90. The van der Waals surface area contributed by atoms with E-state index in [4.69, 9.17) is 4.74 Å². The van der Waals surface area contributed by atoms with Gasteiger partial charge in [-0.05, 0) is 31.0 Å². The largest absolute Gasteiger partial charge is 0.426 e. The Morgan fingerprint density at radius 2 is 2.08 bits per heavy atom. The van der Waals surface area contributed by atoms with E-state index in [1.807, 2.05) is 26.0 Å². The normalized spacial score (nSPS) is 9.46. The fraction of sp³-hybridized carbons (Fsp3) is 0.300. The Morgan fingerprint density at radius 3 is 2.62 bits per heavy atom. The minimum Gasteiger partial charge on any atom is -0.426 e. The Bertz CT molecular complexity index is 321. The number of anilines is 1. The number of ether oxygens (including phenoxy) is 1. The van der Waals surface area contributed by atoms with Gasteiger partial charge in [0.1, 0.15) is 0 Å². The molecule has 70 valence electrons. The van der Waals surface area contributed by atoms with E-state index < -0.39 is 0 Å². The molecule has 3 nitrogen and oxygen atoms in total. The maximum absolute atomic E-state index is 10.2. The summed E-state index contributed by atoms with van der Waals surface area (Å²) in [6.07, 6.45) is 0. The first-order valence-electron chi connectivity index (χ1n) is 4.08. The lowest BCUT2D eigenvalue weighted by Crippen LogP contribution is -1.98. The molecule has 0 saturated carbocycles. The van der Waals surface area contributed by atoms with Crippen molar-refractivity contribution in [1.29, 1.82) is 0 Å². The van der Waals surface area contributed by atoms with E-state index in [1.54, 1.807) is 7.05 Å². The van der Waals surface area contributed by atoms with Crippen molar-refractivity contribution in [3.63, 3.8) is 0 Å². The Balaban J connectivity index is 3.20. The van der Waals surface area contributed by atoms with Gasteiger partial charge in [0.15, 0.2) is 5.75 Å². The number of hydrogen-bond donors (Lipinski definition) is 1. The number of benzene rings is 1. The van der Waals surface area contributed by atoms with Crippen molar-refractivity contribution in [2.45, 2.75) is 13.8 Å². The molecule has 0 saturated heterocycles. The Morgan fingerprint density at radius 1 is 1.38 bits per heavy atom. The summed E-state index contributed by atoms with van der Waals surface area (Å²) in [5, 5.41) is 2.98. The monoisotopic (exact) mass is 179 g/mol. The van der Waals surface area contributed by atoms with Gasteiger partial charge in [-0.1, -0.05) is 6.07 Å². The molecule has 0 aromatic heterocycles. The SMILES string of the molecule is CNc1cc(C)cc(C)c1OC=O. The molecule has 1 aromatic rings. The highest BCUT2D eigenvalue weighted by Crippen LogP contribution is 2.29. The summed E-state index contributed by atoms with van der Waals surface area (Å²) in [7, 11) is 1.80. The number of rotatable bonds is 3. The third-order valence-electron chi connectivity index (χ3n) is 1.85. The Hall–Kier alpha value is -1.51. The zero-order valence-electron chi connectivity index (χ0n) is 8.05. The minimum atomic E-state index is 0.443. The molecule has 0 aliphatic heterocycles. The van der Waals surface area contributed by atoms with Gasteiger partial charge in [0.05, 0.1) is 5.69 Å². The third-order valence-corrected chi connectivity index (χ3v) is 1.85. The second-order valence-electron chi connectivity index (χ2n) is 2.92. The highest BCUT2D eigenvalue weighted by Gasteiger charge is 2.06. The van der Waals surface area contributed by atoms with Crippen LogP contribution < -0.4 is 10.1 Å². The van der Waals surface area contributed by atoms with Crippen LogP contribution in [0.3, 0.4) is 0 Å². The van der Waals surface area contributed by atoms with Crippen LogP contribution in [0.15, 0.2) is 12.1 Å². The van der Waals surface area contributed by atoms with Gasteiger partial charge in [0, 0.05) is 7.05 Å². The molecule has 0 atom stereocenters. The number of aryl methyl sites for hydroxylation is 2. The van der Waals surface area contributed by atoms with Crippen molar-refractivity contribution in [2.75, 3.05) is 12.4 Å². The van der Waals surface area contributed by atoms with Crippen molar-refractivity contribution in [2.24, 2.45) is 0 Å². The van der Waals surface area contributed by atoms with Gasteiger partial charge >= 0.3 is 0 Å². The molecule has 0 amide bonds. The number of nitrogens with one attached hydrogen (secondary N) is 1. The van der Waals surface area contributed by atoms with Gasteiger partial charge in [0.25, 0.3) is 6.47 Å². The average molecular weight is 179 g/mol. The first-order valence-corrected chi connectivity index (χ1v) is 4.08. The van der Waals surface area contributed by atoms with E-state index >= 15 is 0 Å². The molecule has 0 radical (unpaired) electrons. The lowest BCUT2D eigenvalue weighted by Gasteiger charge is -2.10. The van der Waals surface area contributed by atoms with Crippen LogP contribution in [0.1, 0.15) is 11.1 Å². The molecule has 0 fully saturated rings. The Labute approximate surface area is 77.7 Å². The summed E-state index contributed by atoms with van der Waals surface area (Å²) in [5.41, 5.74) is 2.93. The van der Waals surface area contributed by atoms with Crippen molar-refractivity contribution in [1.82, 2.24) is 0 Å². The molecule has 0 unspecified atom stereocenters. The van der Waals surface area contributed by atoms with Gasteiger partial charge in [-0.15, -0.1) is 0 Å². The van der Waals surface area contributed by atoms with Crippen molar-refractivity contribution < 1.29 is 9.53 Å². The van der Waals surface area contributed by atoms with Gasteiger partial charge in [-0.2, -0.15) is 0 Å². The first-order chi connectivity index (χ1) is 6.19. The molecule has 1 aromatic carbocycles. The standard InChI is InChI=1S/C10H13NO2/c1-7-4-8(2)10(13-6-12)9(5-7)11-3/h4-6,11H,1-3H3. The van der Waals surface area contributed by atoms with E-state index in [9.17, 15) is 4.79 Å². The molecular formula is C10H13NO2. The van der Waals surface area contributed by atoms with Crippen LogP contribution in [-0.2, 0) is 4.79 Å². The van der Waals surface area contributed by atoms with E-state index in [2.05, 4.69) is 5.32 Å². The highest BCUT2D eigenvalue weighted by molar-refractivity contribution is 5.65. The highest BCUT2D eigenvalue weighted by atomic mass is 16.5. The number of carbonyl (C=O) groups excluding carboxylic acids is 1. The molecule has 0 heterocycles. The maximum Gasteiger partial charge on any atom is 0.298 e. The topological polar surface area (TPSA) is 38.3 Å². The number of carbonyl (C=O) groups is 1. The zero-order valence-corrected chi connectivity index (χ0v) is 8.05. The van der Waals surface area contributed by atoms with E-state index in [-0.39, 0.29) is 0 Å². The minimum absolute atomic E-state index is 0.443. The summed E-state index contributed by atoms with van der Waals surface area (Å²) in [4.78, 5) is 10.2. The van der Waals surface area contributed by atoms with Crippen molar-refractivity contribution in [3.8, 4) is 5.75 Å². The molecule has 0 aliphatic rings. The van der Waals surface area contributed by atoms with Crippen LogP contribution in [0, 0.1) is 13.8 Å². The van der Waals surface area contributed by atoms with E-state index in [0.29, 0.717) is 12.2 Å². The molecule has 0 bridgehead atoms. The molecule has 0 spiro atoms. The van der Waals surface area contributed by atoms with Crippen LogP contribution >= 0.6 is 0 Å². The zero-order chi connectivity index (χ0) is 9.84. The summed E-state index contributed by atoms with van der Waals surface area (Å²) >= 11 is 0. The lowest BCUT2D eigenvalue weighted by molar-refractivity contribution is -0.120. The first kappa shape index (κ1) is 9.58. The van der Waals surface area contributed by atoms with Crippen LogP contribution in [0.5, 0.6) is 5.75 Å². The number of hydrogen-bond acceptors (Lipinski definition) is 3. The fourth-order valence-electron chi connectivity index (χ4n) is 1.34. The lowest BCUT2D eigenvalue weighted by atomic mass is 10.1. The quantitative estimate of drug-likeness (QED) is 0.720. The van der Waals surface area contributed by atoms with Crippen molar-refractivity contribution >= 4 is 12.2 Å². The molecule has 1 N–H and O–H groups in total. The predicted octanol–water partition coefficient (Wildman–Crippen LogP) is 1.88. The van der Waals surface area contributed by atoms with Gasteiger partial charge in [0.2, 0.25) is 0 Å². The van der Waals surface area contributed by atoms with Crippen LogP contribution in [0.2, 0.25) is 0 Å².